The smallest absolute Gasteiger partial charge is 0.371 e. The Bertz CT molecular complexity index is 1330. The van der Waals surface area contributed by atoms with Crippen LogP contribution in [-0.2, 0) is 12.7 Å². The molecule has 10 heteroatoms. The largest absolute Gasteiger partial charge is 0.416 e. The van der Waals surface area contributed by atoms with Gasteiger partial charge in [0.15, 0.2) is 0 Å². The molecule has 1 aliphatic rings. The van der Waals surface area contributed by atoms with Gasteiger partial charge in [-0.3, -0.25) is 9.20 Å². The predicted molar refractivity (Wildman–Crippen MR) is 131 cm³/mol. The van der Waals surface area contributed by atoms with E-state index < -0.39 is 17.6 Å². The molecule has 1 aliphatic heterocycles. The third-order valence-corrected chi connectivity index (χ3v) is 6.27. The molecule has 36 heavy (non-hydrogen) atoms. The molecule has 2 N–H and O–H groups in total. The van der Waals surface area contributed by atoms with Crippen LogP contribution in [0.3, 0.4) is 0 Å². The number of amides is 1. The molecule has 2 aromatic carbocycles. The number of anilines is 2. The van der Waals surface area contributed by atoms with Crippen LogP contribution in [0.15, 0.2) is 73.2 Å². The van der Waals surface area contributed by atoms with Crippen LogP contribution in [0.5, 0.6) is 0 Å². The number of hydrogen-bond acceptors (Lipinski definition) is 5. The number of fused-ring (bicyclic) bond motifs is 1. The fourth-order valence-electron chi connectivity index (χ4n) is 4.38. The summed E-state index contributed by atoms with van der Waals surface area (Å²) in [6, 6.07) is 14.0. The van der Waals surface area contributed by atoms with Gasteiger partial charge in [0, 0.05) is 61.2 Å². The highest BCUT2D eigenvalue weighted by Crippen LogP contribution is 2.30. The first-order valence-electron chi connectivity index (χ1n) is 11.7. The highest BCUT2D eigenvalue weighted by molar-refractivity contribution is 6.04. The minimum absolute atomic E-state index is 0.0384. The average Bonchev–Trinajstić information content (AvgIpc) is 3.31. The molecule has 186 valence electrons. The van der Waals surface area contributed by atoms with E-state index in [9.17, 15) is 18.0 Å². The van der Waals surface area contributed by atoms with Crippen molar-refractivity contribution in [3.05, 3.63) is 90.0 Å². The number of rotatable bonds is 6. The normalized spacial score (nSPS) is 14.8. The zero-order chi connectivity index (χ0) is 25.1. The summed E-state index contributed by atoms with van der Waals surface area (Å²) < 4.78 is 40.8. The molecule has 0 atom stereocenters. The van der Waals surface area contributed by atoms with Gasteiger partial charge < -0.3 is 15.5 Å². The fraction of sp³-hybridized carbons (Fsp3) is 0.269. The lowest BCUT2D eigenvalue weighted by molar-refractivity contribution is -0.137. The van der Waals surface area contributed by atoms with Crippen molar-refractivity contribution < 1.29 is 18.0 Å². The van der Waals surface area contributed by atoms with Gasteiger partial charge in [0.1, 0.15) is 0 Å². The maximum Gasteiger partial charge on any atom is 0.416 e. The second-order valence-corrected chi connectivity index (χ2v) is 8.78. The predicted octanol–water partition coefficient (Wildman–Crippen LogP) is 4.76. The number of benzene rings is 2. The van der Waals surface area contributed by atoms with Crippen LogP contribution in [-0.4, -0.2) is 39.4 Å². The maximum atomic E-state index is 13.0. The summed E-state index contributed by atoms with van der Waals surface area (Å²) in [5.74, 6) is 0.104. The molecule has 0 radical (unpaired) electrons. The molecule has 1 amide bonds. The quantitative estimate of drug-likeness (QED) is 0.404. The molecule has 4 aromatic rings. The van der Waals surface area contributed by atoms with Crippen LogP contribution in [0.25, 0.3) is 5.78 Å². The first-order chi connectivity index (χ1) is 17.3. The van der Waals surface area contributed by atoms with Crippen molar-refractivity contribution in [3.8, 4) is 0 Å². The van der Waals surface area contributed by atoms with E-state index in [0.717, 1.165) is 49.4 Å². The van der Waals surface area contributed by atoms with Crippen LogP contribution < -0.4 is 15.5 Å². The third kappa shape index (κ3) is 5.49. The van der Waals surface area contributed by atoms with Gasteiger partial charge >= 0.3 is 6.18 Å². The molecule has 0 unspecified atom stereocenters. The lowest BCUT2D eigenvalue weighted by Gasteiger charge is -2.34. The number of aromatic nitrogens is 3. The van der Waals surface area contributed by atoms with Crippen molar-refractivity contribution in [2.24, 2.45) is 0 Å². The Labute approximate surface area is 206 Å². The van der Waals surface area contributed by atoms with Crippen molar-refractivity contribution in [3.63, 3.8) is 0 Å². The van der Waals surface area contributed by atoms with E-state index in [-0.39, 0.29) is 5.56 Å². The Morgan fingerprint density at radius 2 is 1.86 bits per heavy atom. The summed E-state index contributed by atoms with van der Waals surface area (Å²) in [5.41, 5.74) is 1.56. The molecule has 0 spiro atoms. The second-order valence-electron chi connectivity index (χ2n) is 8.78. The molecule has 3 heterocycles. The number of carbonyl (C=O) groups is 1. The summed E-state index contributed by atoms with van der Waals surface area (Å²) in [6.07, 6.45) is 3.03. The van der Waals surface area contributed by atoms with Gasteiger partial charge in [-0.2, -0.15) is 13.2 Å². The van der Waals surface area contributed by atoms with Crippen molar-refractivity contribution in [1.82, 2.24) is 19.7 Å². The Hall–Kier alpha value is -3.92. The van der Waals surface area contributed by atoms with Gasteiger partial charge in [0.05, 0.1) is 11.3 Å². The van der Waals surface area contributed by atoms with E-state index in [1.165, 1.54) is 12.1 Å². The van der Waals surface area contributed by atoms with Gasteiger partial charge in [-0.1, -0.05) is 12.1 Å². The topological polar surface area (TPSA) is 74.6 Å². The van der Waals surface area contributed by atoms with Crippen molar-refractivity contribution >= 4 is 23.1 Å². The standard InChI is InChI=1S/C26H25F3N6O/c27-26(28,29)19-5-1-4-18(14-19)24(36)32-21-6-2-7-23(15-21)34-12-8-20(9-13-34)31-16-22-17-35-11-3-10-30-25(35)33-22/h1-7,10-11,14-15,17,20,31H,8-9,12-13,16H2,(H,32,36). The highest BCUT2D eigenvalue weighted by Gasteiger charge is 2.31. The minimum Gasteiger partial charge on any atom is -0.371 e. The first-order valence-corrected chi connectivity index (χ1v) is 11.7. The van der Waals surface area contributed by atoms with Crippen molar-refractivity contribution in [1.29, 1.82) is 0 Å². The summed E-state index contributed by atoms with van der Waals surface area (Å²) in [6.45, 7) is 2.36. The van der Waals surface area contributed by atoms with E-state index in [0.29, 0.717) is 24.1 Å². The zero-order valence-corrected chi connectivity index (χ0v) is 19.4. The van der Waals surface area contributed by atoms with Gasteiger partial charge in [0.2, 0.25) is 5.78 Å². The summed E-state index contributed by atoms with van der Waals surface area (Å²) in [7, 11) is 0. The van der Waals surface area contributed by atoms with Gasteiger partial charge in [-0.25, -0.2) is 9.97 Å². The number of carbonyl (C=O) groups excluding carboxylic acids is 1. The molecule has 5 rings (SSSR count). The molecule has 7 nitrogen and oxygen atoms in total. The second kappa shape index (κ2) is 9.98. The zero-order valence-electron chi connectivity index (χ0n) is 19.4. The van der Waals surface area contributed by atoms with Gasteiger partial charge in [-0.05, 0) is 55.3 Å². The number of nitrogens with zero attached hydrogens (tertiary/aromatic N) is 4. The number of piperidine rings is 1. The highest BCUT2D eigenvalue weighted by atomic mass is 19.4. The van der Waals surface area contributed by atoms with E-state index in [1.54, 1.807) is 12.3 Å². The molecular formula is C26H25F3N6O. The van der Waals surface area contributed by atoms with Crippen LogP contribution in [0.4, 0.5) is 24.5 Å². The monoisotopic (exact) mass is 494 g/mol. The summed E-state index contributed by atoms with van der Waals surface area (Å²) in [4.78, 5) is 23.6. The van der Waals surface area contributed by atoms with Crippen LogP contribution in [0.2, 0.25) is 0 Å². The molecule has 1 saturated heterocycles. The van der Waals surface area contributed by atoms with Crippen LogP contribution >= 0.6 is 0 Å². The van der Waals surface area contributed by atoms with Crippen molar-refractivity contribution in [2.45, 2.75) is 31.6 Å². The molecule has 0 saturated carbocycles. The van der Waals surface area contributed by atoms with Gasteiger partial charge in [0.25, 0.3) is 5.91 Å². The maximum absolute atomic E-state index is 13.0. The molecular weight excluding hydrogens is 469 g/mol. The number of halogens is 3. The summed E-state index contributed by atoms with van der Waals surface area (Å²) >= 11 is 0. The Kier molecular flexibility index (Phi) is 6.60. The van der Waals surface area contributed by atoms with Crippen molar-refractivity contribution in [2.75, 3.05) is 23.3 Å². The molecule has 2 aromatic heterocycles. The molecule has 0 aliphatic carbocycles. The molecule has 0 bridgehead atoms. The third-order valence-electron chi connectivity index (χ3n) is 6.27. The number of nitrogens with one attached hydrogen (secondary N) is 2. The number of imidazole rings is 1. The van der Waals surface area contributed by atoms with E-state index in [2.05, 4.69) is 25.5 Å². The van der Waals surface area contributed by atoms with E-state index >= 15 is 0 Å². The van der Waals surface area contributed by atoms with Gasteiger partial charge in [-0.15, -0.1) is 0 Å². The first kappa shape index (κ1) is 23.8. The number of hydrogen-bond donors (Lipinski definition) is 2. The Morgan fingerprint density at radius 3 is 2.64 bits per heavy atom. The molecule has 1 fully saturated rings. The lowest BCUT2D eigenvalue weighted by Crippen LogP contribution is -2.42. The SMILES string of the molecule is O=C(Nc1cccc(N2CCC(NCc3cn4cccnc4n3)CC2)c1)c1cccc(C(F)(F)F)c1. The van der Waals surface area contributed by atoms with E-state index in [1.807, 2.05) is 41.1 Å². The summed E-state index contributed by atoms with van der Waals surface area (Å²) in [5, 5.41) is 6.29. The van der Waals surface area contributed by atoms with E-state index in [4.69, 9.17) is 0 Å². The fourth-order valence-corrected chi connectivity index (χ4v) is 4.38. The van der Waals surface area contributed by atoms with Crippen LogP contribution in [0.1, 0.15) is 34.5 Å². The van der Waals surface area contributed by atoms with Crippen LogP contribution in [0, 0.1) is 0 Å². The number of alkyl halides is 3. The minimum atomic E-state index is -4.50. The Morgan fingerprint density at radius 1 is 1.06 bits per heavy atom. The Balaban J connectivity index is 1.16. The average molecular weight is 495 g/mol. The lowest BCUT2D eigenvalue weighted by atomic mass is 10.0.